The van der Waals surface area contributed by atoms with Gasteiger partial charge >= 0.3 is 0 Å². The number of carbonyl (C=O) groups is 3. The molecule has 9 nitrogen and oxygen atoms in total. The van der Waals surface area contributed by atoms with Gasteiger partial charge in [-0.25, -0.2) is 4.98 Å². The smallest absolute Gasteiger partial charge is 0.267 e. The predicted octanol–water partition coefficient (Wildman–Crippen LogP) is 2.95. The molecule has 1 saturated carbocycles. The van der Waals surface area contributed by atoms with E-state index in [1.807, 2.05) is 23.3 Å². The molecule has 5 unspecified atom stereocenters. The third kappa shape index (κ3) is 4.67. The second-order valence-corrected chi connectivity index (χ2v) is 13.4. The summed E-state index contributed by atoms with van der Waals surface area (Å²) < 4.78 is 0. The number of thiazole rings is 1. The molecule has 0 aromatic carbocycles. The maximum absolute atomic E-state index is 13.6. The predicted molar refractivity (Wildman–Crippen MR) is 146 cm³/mol. The highest BCUT2D eigenvalue weighted by Gasteiger charge is 2.59. The number of rotatable bonds is 5. The van der Waals surface area contributed by atoms with Crippen molar-refractivity contribution in [2.24, 2.45) is 16.7 Å². The third-order valence-corrected chi connectivity index (χ3v) is 11.2. The lowest BCUT2D eigenvalue weighted by atomic mass is 9.47. The van der Waals surface area contributed by atoms with Crippen molar-refractivity contribution in [3.05, 3.63) is 33.0 Å². The number of nitrogens with zero attached hydrogens (tertiary/aromatic N) is 3. The first-order chi connectivity index (χ1) is 18.1. The minimum absolute atomic E-state index is 0.0213. The first-order valence-corrected chi connectivity index (χ1v) is 14.9. The van der Waals surface area contributed by atoms with Crippen molar-refractivity contribution in [3.63, 3.8) is 0 Å². The third-order valence-electron chi connectivity index (χ3n) is 9.32. The van der Waals surface area contributed by atoms with Crippen LogP contribution in [0.5, 0.6) is 0 Å². The van der Waals surface area contributed by atoms with Gasteiger partial charge in [-0.3, -0.25) is 19.7 Å². The molecule has 2 aromatic heterocycles. The Morgan fingerprint density at radius 2 is 1.89 bits per heavy atom. The van der Waals surface area contributed by atoms with Crippen LogP contribution in [0.15, 0.2) is 17.5 Å². The van der Waals surface area contributed by atoms with Crippen molar-refractivity contribution in [2.45, 2.75) is 58.5 Å². The van der Waals surface area contributed by atoms with E-state index >= 15 is 0 Å². The van der Waals surface area contributed by atoms with Gasteiger partial charge in [0.05, 0.1) is 23.3 Å². The van der Waals surface area contributed by atoms with Gasteiger partial charge in [0, 0.05) is 55.7 Å². The number of aliphatic hydroxyl groups excluding tert-OH is 2. The molecule has 38 heavy (non-hydrogen) atoms. The minimum Gasteiger partial charge on any atom is -0.396 e. The van der Waals surface area contributed by atoms with Crippen molar-refractivity contribution < 1.29 is 24.6 Å². The van der Waals surface area contributed by atoms with Crippen LogP contribution in [-0.4, -0.2) is 81.6 Å². The summed E-state index contributed by atoms with van der Waals surface area (Å²) in [7, 11) is 0. The Morgan fingerprint density at radius 1 is 1.18 bits per heavy atom. The fourth-order valence-corrected chi connectivity index (χ4v) is 8.52. The van der Waals surface area contributed by atoms with E-state index in [1.165, 1.54) is 22.7 Å². The second-order valence-electron chi connectivity index (χ2n) is 11.4. The number of amides is 3. The van der Waals surface area contributed by atoms with Crippen LogP contribution in [-0.2, 0) is 16.0 Å². The number of nitrogens with one attached hydrogen (secondary N) is 1. The van der Waals surface area contributed by atoms with Crippen molar-refractivity contribution in [2.75, 3.05) is 38.1 Å². The number of piperazine rings is 1. The number of aromatic nitrogens is 1. The summed E-state index contributed by atoms with van der Waals surface area (Å²) in [4.78, 5) is 48.2. The highest BCUT2D eigenvalue weighted by atomic mass is 32.1. The number of carbonyl (C=O) groups excluding carboxylic acids is 3. The van der Waals surface area contributed by atoms with Crippen LogP contribution in [0.4, 0.5) is 5.13 Å². The number of thiophene rings is 1. The molecule has 1 saturated heterocycles. The van der Waals surface area contributed by atoms with Gasteiger partial charge < -0.3 is 20.0 Å². The average molecular weight is 561 g/mol. The van der Waals surface area contributed by atoms with Gasteiger partial charge in [-0.05, 0) is 42.0 Å². The van der Waals surface area contributed by atoms with Crippen LogP contribution in [0.3, 0.4) is 0 Å². The van der Waals surface area contributed by atoms with E-state index < -0.39 is 11.5 Å². The molecule has 1 aliphatic heterocycles. The quantitative estimate of drug-likeness (QED) is 0.517. The standard InChI is InChI=1S/C27H36N4O5S2/c1-16(33)30-8-10-31(11-9-30)22(35)13-17-23-19(38-25(28-23)29-24(36)18-5-4-12-37-18)14-20-26(17,2)7-6-21(34)27(20,3)15-32/h4-5,12,17,20-21,32,34H,6-11,13-15H2,1-3H3,(H,28,29,36). The van der Waals surface area contributed by atoms with E-state index in [-0.39, 0.29) is 48.0 Å². The lowest BCUT2D eigenvalue weighted by Gasteiger charge is -2.58. The van der Waals surface area contributed by atoms with Gasteiger partial charge in [0.15, 0.2) is 5.13 Å². The minimum atomic E-state index is -0.705. The Bertz CT molecular complexity index is 1210. The molecule has 206 valence electrons. The van der Waals surface area contributed by atoms with Gasteiger partial charge in [0.25, 0.3) is 5.91 Å². The van der Waals surface area contributed by atoms with Gasteiger partial charge in [0.2, 0.25) is 11.8 Å². The number of hydrogen-bond acceptors (Lipinski definition) is 8. The molecule has 0 spiro atoms. The Hall–Kier alpha value is -2.34. The maximum Gasteiger partial charge on any atom is 0.267 e. The SMILES string of the molecule is CC(=O)N1CCN(C(=O)CC2c3nc(NC(=O)c4cccs4)sc3CC3C(C)(CO)C(O)CCC23C)CC1. The van der Waals surface area contributed by atoms with E-state index in [1.54, 1.807) is 17.9 Å². The lowest BCUT2D eigenvalue weighted by molar-refractivity contribution is -0.149. The van der Waals surface area contributed by atoms with Crippen LogP contribution in [0.25, 0.3) is 0 Å². The summed E-state index contributed by atoms with van der Waals surface area (Å²) in [6.45, 7) is 7.60. The summed E-state index contributed by atoms with van der Waals surface area (Å²) in [5, 5.41) is 26.7. The van der Waals surface area contributed by atoms with E-state index in [0.29, 0.717) is 49.0 Å². The molecule has 3 N–H and O–H groups in total. The molecular weight excluding hydrogens is 524 g/mol. The van der Waals surface area contributed by atoms with Gasteiger partial charge in [-0.2, -0.15) is 0 Å². The summed E-state index contributed by atoms with van der Waals surface area (Å²) in [5.41, 5.74) is -0.213. The zero-order chi connectivity index (χ0) is 27.2. The molecule has 2 aromatic rings. The van der Waals surface area contributed by atoms with Crippen LogP contribution < -0.4 is 5.32 Å². The summed E-state index contributed by atoms with van der Waals surface area (Å²) in [6, 6.07) is 3.60. The average Bonchev–Trinajstić information content (AvgIpc) is 3.58. The highest BCUT2D eigenvalue weighted by Crippen LogP contribution is 2.63. The molecule has 5 rings (SSSR count). The Labute approximate surface area is 230 Å². The number of anilines is 1. The molecule has 2 fully saturated rings. The molecule has 3 aliphatic rings. The molecular formula is C27H36N4O5S2. The van der Waals surface area contributed by atoms with Crippen molar-refractivity contribution in [1.82, 2.24) is 14.8 Å². The van der Waals surface area contributed by atoms with Crippen LogP contribution in [0, 0.1) is 16.7 Å². The zero-order valence-corrected chi connectivity index (χ0v) is 23.7. The van der Waals surface area contributed by atoms with E-state index in [2.05, 4.69) is 12.2 Å². The van der Waals surface area contributed by atoms with E-state index in [0.717, 1.165) is 17.0 Å². The van der Waals surface area contributed by atoms with Crippen LogP contribution >= 0.6 is 22.7 Å². The fourth-order valence-electron chi connectivity index (χ4n) is 6.84. The van der Waals surface area contributed by atoms with E-state index in [9.17, 15) is 24.6 Å². The summed E-state index contributed by atoms with van der Waals surface area (Å²) in [6.07, 6.45) is 1.54. The monoisotopic (exact) mass is 560 g/mol. The zero-order valence-electron chi connectivity index (χ0n) is 22.1. The van der Waals surface area contributed by atoms with Crippen LogP contribution in [0.2, 0.25) is 0 Å². The molecule has 11 heteroatoms. The summed E-state index contributed by atoms with van der Waals surface area (Å²) >= 11 is 2.79. The molecule has 5 atom stereocenters. The number of hydrogen-bond donors (Lipinski definition) is 3. The van der Waals surface area contributed by atoms with Gasteiger partial charge in [0.1, 0.15) is 0 Å². The molecule has 0 bridgehead atoms. The molecule has 2 aliphatic carbocycles. The van der Waals surface area contributed by atoms with Gasteiger partial charge in [-0.1, -0.05) is 19.9 Å². The molecule has 0 radical (unpaired) electrons. The molecule has 3 heterocycles. The first-order valence-electron chi connectivity index (χ1n) is 13.2. The largest absolute Gasteiger partial charge is 0.396 e. The van der Waals surface area contributed by atoms with Crippen molar-refractivity contribution in [3.8, 4) is 0 Å². The maximum atomic E-state index is 13.6. The topological polar surface area (TPSA) is 123 Å². The fraction of sp³-hybridized carbons (Fsp3) is 0.630. The second kappa shape index (κ2) is 10.3. The Kier molecular flexibility index (Phi) is 7.40. The number of aliphatic hydroxyl groups is 2. The Balaban J connectivity index is 1.46. The lowest BCUT2D eigenvalue weighted by Crippen LogP contribution is -2.58. The Morgan fingerprint density at radius 3 is 2.53 bits per heavy atom. The number of fused-ring (bicyclic) bond motifs is 2. The van der Waals surface area contributed by atoms with Gasteiger partial charge in [-0.15, -0.1) is 22.7 Å². The highest BCUT2D eigenvalue weighted by molar-refractivity contribution is 7.16. The first kappa shape index (κ1) is 27.2. The summed E-state index contributed by atoms with van der Waals surface area (Å²) in [5.74, 6) is -0.420. The van der Waals surface area contributed by atoms with Crippen molar-refractivity contribution >= 4 is 45.5 Å². The van der Waals surface area contributed by atoms with Crippen LogP contribution in [0.1, 0.15) is 66.2 Å². The van der Waals surface area contributed by atoms with Crippen molar-refractivity contribution in [1.29, 1.82) is 0 Å². The molecule has 3 amide bonds. The normalized spacial score (nSPS) is 30.9. The van der Waals surface area contributed by atoms with E-state index in [4.69, 9.17) is 4.98 Å².